The zero-order valence-corrected chi connectivity index (χ0v) is 40.7. The molecule has 0 saturated carbocycles. The molecular formula is C53H66F2N4O9. The Kier molecular flexibility index (Phi) is 16.1. The van der Waals surface area contributed by atoms with Crippen LogP contribution < -0.4 is 14.8 Å². The molecule has 4 atom stereocenters. The van der Waals surface area contributed by atoms with E-state index in [4.69, 9.17) is 23.7 Å². The molecule has 15 heteroatoms. The number of likely N-dealkylation sites (N-methyl/N-ethyl adjacent to an activating group) is 1. The normalized spacial score (nSPS) is 21.3. The molecule has 0 aliphatic carbocycles. The van der Waals surface area contributed by atoms with Crippen molar-refractivity contribution in [3.63, 3.8) is 0 Å². The second-order valence-corrected chi connectivity index (χ2v) is 19.6. The van der Waals surface area contributed by atoms with E-state index in [0.717, 1.165) is 11.1 Å². The van der Waals surface area contributed by atoms with Gasteiger partial charge in [0.1, 0.15) is 58.6 Å². The lowest BCUT2D eigenvalue weighted by molar-refractivity contribution is -0.154. The van der Waals surface area contributed by atoms with Crippen molar-refractivity contribution in [1.29, 1.82) is 0 Å². The summed E-state index contributed by atoms with van der Waals surface area (Å²) in [4.78, 5) is 57.8. The van der Waals surface area contributed by atoms with Crippen molar-refractivity contribution < 1.29 is 51.6 Å². The maximum Gasteiger partial charge on any atom is 0.411 e. The largest absolute Gasteiger partial charge is 0.489 e. The molecule has 3 heterocycles. The van der Waals surface area contributed by atoms with Gasteiger partial charge in [-0.1, -0.05) is 60.7 Å². The minimum Gasteiger partial charge on any atom is -0.489 e. The number of hydrogen-bond acceptors (Lipinski definition) is 10. The average molecular weight is 941 g/mol. The van der Waals surface area contributed by atoms with Crippen molar-refractivity contribution in [3.8, 4) is 11.5 Å². The van der Waals surface area contributed by atoms with Gasteiger partial charge in [-0.15, -0.1) is 0 Å². The minimum absolute atomic E-state index is 0.0271. The molecular weight excluding hydrogens is 875 g/mol. The summed E-state index contributed by atoms with van der Waals surface area (Å²) in [6.45, 7) is 12.3. The summed E-state index contributed by atoms with van der Waals surface area (Å²) in [7, 11) is 4.92. The second kappa shape index (κ2) is 21.4. The topological polar surface area (TPSA) is 136 Å². The molecule has 1 N–H and O–H groups in total. The van der Waals surface area contributed by atoms with Gasteiger partial charge >= 0.3 is 18.2 Å². The Hall–Kier alpha value is -6.22. The van der Waals surface area contributed by atoms with Gasteiger partial charge in [0.25, 0.3) is 0 Å². The molecule has 0 unspecified atom stereocenters. The van der Waals surface area contributed by atoms with Gasteiger partial charge in [-0.25, -0.2) is 23.2 Å². The summed E-state index contributed by atoms with van der Waals surface area (Å²) in [5, 5.41) is 3.07. The van der Waals surface area contributed by atoms with E-state index < -0.39 is 40.4 Å². The quantitative estimate of drug-likeness (QED) is 0.108. The fourth-order valence-electron chi connectivity index (χ4n) is 9.27. The van der Waals surface area contributed by atoms with Gasteiger partial charge < -0.3 is 33.9 Å². The van der Waals surface area contributed by atoms with Crippen molar-refractivity contribution in [2.75, 3.05) is 34.3 Å². The highest BCUT2D eigenvalue weighted by atomic mass is 19.1. The third kappa shape index (κ3) is 11.7. The molecule has 0 bridgehead atoms. The van der Waals surface area contributed by atoms with Gasteiger partial charge in [0.15, 0.2) is 0 Å². The summed E-state index contributed by atoms with van der Waals surface area (Å²) < 4.78 is 55.8. The summed E-state index contributed by atoms with van der Waals surface area (Å²) in [5.41, 5.74) is -0.659. The number of likely N-dealkylation sites (tertiary alicyclic amines) is 3. The summed E-state index contributed by atoms with van der Waals surface area (Å²) in [6.07, 6.45) is 2.29. The molecule has 3 aliphatic rings. The van der Waals surface area contributed by atoms with E-state index >= 15 is 0 Å². The zero-order chi connectivity index (χ0) is 49.4. The second-order valence-electron chi connectivity index (χ2n) is 19.6. The number of methoxy groups -OCH3 is 1. The maximum absolute atomic E-state index is 13.9. The molecule has 13 nitrogen and oxygen atoms in total. The lowest BCUT2D eigenvalue weighted by Gasteiger charge is -2.39. The van der Waals surface area contributed by atoms with Gasteiger partial charge in [-0.2, -0.15) is 0 Å². The van der Waals surface area contributed by atoms with Gasteiger partial charge in [-0.05, 0) is 141 Å². The third-order valence-electron chi connectivity index (χ3n) is 12.6. The highest BCUT2D eigenvalue weighted by molar-refractivity contribution is 5.92. The van der Waals surface area contributed by atoms with E-state index in [1.54, 1.807) is 98.1 Å². The number of rotatable bonds is 12. The number of amides is 3. The van der Waals surface area contributed by atoms with Crippen LogP contribution in [-0.2, 0) is 37.0 Å². The lowest BCUT2D eigenvalue weighted by Crippen LogP contribution is -2.56. The van der Waals surface area contributed by atoms with Crippen LogP contribution in [0.3, 0.4) is 0 Å². The first-order chi connectivity index (χ1) is 32.2. The van der Waals surface area contributed by atoms with Crippen LogP contribution >= 0.6 is 0 Å². The van der Waals surface area contributed by atoms with Gasteiger partial charge in [-0.3, -0.25) is 14.6 Å². The van der Waals surface area contributed by atoms with Crippen LogP contribution in [0.1, 0.15) is 114 Å². The van der Waals surface area contributed by atoms with E-state index in [-0.39, 0.29) is 42.8 Å². The van der Waals surface area contributed by atoms with Crippen molar-refractivity contribution >= 4 is 24.1 Å². The third-order valence-corrected chi connectivity index (χ3v) is 12.6. The van der Waals surface area contributed by atoms with Crippen LogP contribution in [0.5, 0.6) is 11.5 Å². The van der Waals surface area contributed by atoms with Gasteiger partial charge in [0.2, 0.25) is 5.91 Å². The molecule has 7 rings (SSSR count). The predicted octanol–water partition coefficient (Wildman–Crippen LogP) is 10.1. The highest BCUT2D eigenvalue weighted by Crippen LogP contribution is 2.49. The van der Waals surface area contributed by atoms with E-state index in [9.17, 15) is 28.0 Å². The van der Waals surface area contributed by atoms with E-state index in [2.05, 4.69) is 5.32 Å². The monoisotopic (exact) mass is 940 g/mol. The van der Waals surface area contributed by atoms with E-state index in [1.807, 2.05) is 57.2 Å². The summed E-state index contributed by atoms with van der Waals surface area (Å²) in [6, 6.07) is 27.1. The van der Waals surface area contributed by atoms with Gasteiger partial charge in [0.05, 0.1) is 19.2 Å². The first-order valence-corrected chi connectivity index (χ1v) is 23.2. The molecule has 3 fully saturated rings. The zero-order valence-electron chi connectivity index (χ0n) is 40.7. The fraction of sp³-hybridized carbons (Fsp3) is 0.472. The molecule has 3 saturated heterocycles. The molecule has 4 aromatic carbocycles. The molecule has 0 radical (unpaired) electrons. The molecule has 366 valence electrons. The number of nitrogens with zero attached hydrogens (tertiary/aromatic N) is 3. The number of benzene rings is 4. The minimum atomic E-state index is -1.13. The SMILES string of the molecule is CN1CC[C@]2(CC[C@H](c3ccc(OCc4ccccc4F)cc3)N2C(=O)OC(C)(C)C)C1=O.CNCC[C@@]1(C(=O)OC)CC[C@H](c2ccc(OCc3ccccc3F)cc2)N1C(=O)OC(C)(C)C. The number of halogens is 2. The van der Waals surface area contributed by atoms with Gasteiger partial charge in [0, 0.05) is 24.7 Å². The number of esters is 1. The first-order valence-electron chi connectivity index (χ1n) is 23.2. The number of nitrogens with one attached hydrogen (secondary N) is 1. The van der Waals surface area contributed by atoms with Crippen LogP contribution in [0.25, 0.3) is 0 Å². The first kappa shape index (κ1) is 51.2. The van der Waals surface area contributed by atoms with Crippen molar-refractivity contribution in [3.05, 3.63) is 131 Å². The molecule has 4 aromatic rings. The number of carbonyl (C=O) groups excluding carboxylic acids is 4. The Morgan fingerprint density at radius 1 is 0.676 bits per heavy atom. The average Bonchev–Trinajstić information content (AvgIpc) is 3.97. The number of ether oxygens (including phenoxy) is 5. The predicted molar refractivity (Wildman–Crippen MR) is 253 cm³/mol. The Morgan fingerprint density at radius 2 is 1.13 bits per heavy atom. The van der Waals surface area contributed by atoms with Crippen molar-refractivity contribution in [1.82, 2.24) is 20.0 Å². The summed E-state index contributed by atoms with van der Waals surface area (Å²) >= 11 is 0. The standard InChI is InChI=1S/C27H35FN2O5.C26H31FN2O4/c1-26(2,3)35-25(32)30-23(14-15-27(30,16-17-29-4)24(31)33-5)19-10-12-21(13-11-19)34-18-20-8-6-7-9-22(20)28;1-25(2,3)33-24(31)29-22(13-14-26(29)15-16-28(4)23(26)30)18-9-11-20(12-10-18)32-17-19-7-5-6-8-21(19)27/h6-13,23,29H,14-18H2,1-5H3;5-12,22H,13-17H2,1-4H3/t23-,27-;22-,26-/m11/s1. The van der Waals surface area contributed by atoms with Crippen LogP contribution in [0.2, 0.25) is 0 Å². The van der Waals surface area contributed by atoms with Crippen molar-refractivity contribution in [2.45, 2.75) is 128 Å². The van der Waals surface area contributed by atoms with Crippen LogP contribution in [0.15, 0.2) is 97.1 Å². The molecule has 68 heavy (non-hydrogen) atoms. The Morgan fingerprint density at radius 3 is 1.56 bits per heavy atom. The number of carbonyl (C=O) groups is 4. The van der Waals surface area contributed by atoms with Crippen LogP contribution in [0, 0.1) is 11.6 Å². The van der Waals surface area contributed by atoms with E-state index in [1.165, 1.54) is 19.2 Å². The lowest BCUT2D eigenvalue weighted by atomic mass is 9.92. The molecule has 0 aromatic heterocycles. The Labute approximate surface area is 399 Å². The fourth-order valence-corrected chi connectivity index (χ4v) is 9.27. The maximum atomic E-state index is 13.9. The molecule has 3 aliphatic heterocycles. The highest BCUT2D eigenvalue weighted by Gasteiger charge is 2.59. The smallest absolute Gasteiger partial charge is 0.411 e. The number of hydrogen-bond donors (Lipinski definition) is 1. The van der Waals surface area contributed by atoms with Crippen molar-refractivity contribution in [2.24, 2.45) is 0 Å². The Balaban J connectivity index is 0.000000224. The summed E-state index contributed by atoms with van der Waals surface area (Å²) in [5.74, 6) is 0.0865. The molecule has 3 amide bonds. The molecule has 1 spiro atoms. The Bertz CT molecular complexity index is 2390. The van der Waals surface area contributed by atoms with E-state index in [0.29, 0.717) is 74.2 Å². The van der Waals surface area contributed by atoms with Crippen LogP contribution in [-0.4, -0.2) is 95.3 Å². The van der Waals surface area contributed by atoms with Crippen LogP contribution in [0.4, 0.5) is 18.4 Å².